The van der Waals surface area contributed by atoms with Crippen LogP contribution in [0.1, 0.15) is 23.0 Å². The lowest BCUT2D eigenvalue weighted by Crippen LogP contribution is -2.16. The first-order valence-corrected chi connectivity index (χ1v) is 9.21. The highest BCUT2D eigenvalue weighted by atomic mass is 79.9. The van der Waals surface area contributed by atoms with Crippen molar-refractivity contribution in [1.82, 2.24) is 19.6 Å². The zero-order valence-corrected chi connectivity index (χ0v) is 15.9. The van der Waals surface area contributed by atoms with Gasteiger partial charge < -0.3 is 5.32 Å². The molecule has 1 atom stereocenters. The average molecular weight is 408 g/mol. The summed E-state index contributed by atoms with van der Waals surface area (Å²) in [6.07, 6.45) is 6.22. The summed E-state index contributed by atoms with van der Waals surface area (Å²) in [6, 6.07) is 16.4. The van der Waals surface area contributed by atoms with Gasteiger partial charge in [-0.05, 0) is 42.8 Å². The number of fused-ring (bicyclic) bond motifs is 1. The molecule has 4 aromatic rings. The third-order valence-corrected chi connectivity index (χ3v) is 4.76. The summed E-state index contributed by atoms with van der Waals surface area (Å²) in [5.74, 6) is 0.817. The number of aryl methyl sites for hydroxylation is 1. The fourth-order valence-electron chi connectivity index (χ4n) is 3.00. The van der Waals surface area contributed by atoms with Crippen LogP contribution < -0.4 is 5.32 Å². The molecule has 1 N–H and O–H groups in total. The molecule has 0 bridgehead atoms. The van der Waals surface area contributed by atoms with E-state index in [0.717, 1.165) is 33.6 Å². The summed E-state index contributed by atoms with van der Waals surface area (Å²) in [4.78, 5) is 9.03. The minimum atomic E-state index is 0.0481. The van der Waals surface area contributed by atoms with Crippen molar-refractivity contribution in [3.8, 4) is 0 Å². The first kappa shape index (κ1) is 16.7. The highest BCUT2D eigenvalue weighted by Crippen LogP contribution is 2.26. The molecular weight excluding hydrogens is 390 g/mol. The Balaban J connectivity index is 1.71. The number of nitrogens with zero attached hydrogens (tertiary/aromatic N) is 4. The molecule has 0 radical (unpaired) electrons. The van der Waals surface area contributed by atoms with E-state index >= 15 is 0 Å². The number of nitrogens with one attached hydrogen (secondary N) is 1. The number of aromatic nitrogens is 4. The van der Waals surface area contributed by atoms with E-state index in [0.29, 0.717) is 0 Å². The molecule has 3 heterocycles. The first-order valence-electron chi connectivity index (χ1n) is 8.42. The van der Waals surface area contributed by atoms with Gasteiger partial charge in [-0.15, -0.1) is 0 Å². The van der Waals surface area contributed by atoms with Gasteiger partial charge in [-0.3, -0.25) is 4.98 Å². The van der Waals surface area contributed by atoms with E-state index in [4.69, 9.17) is 0 Å². The van der Waals surface area contributed by atoms with E-state index in [1.165, 1.54) is 5.56 Å². The Hall–Kier alpha value is -2.73. The molecule has 1 aromatic carbocycles. The molecule has 3 aromatic heterocycles. The van der Waals surface area contributed by atoms with Crippen molar-refractivity contribution in [2.75, 3.05) is 5.32 Å². The molecule has 0 amide bonds. The molecule has 0 aliphatic rings. The number of rotatable bonds is 5. The Kier molecular flexibility index (Phi) is 4.67. The Morgan fingerprint density at radius 1 is 1.08 bits per heavy atom. The van der Waals surface area contributed by atoms with Crippen LogP contribution in [0, 0.1) is 6.92 Å². The molecule has 4 rings (SSSR count). The van der Waals surface area contributed by atoms with Crippen LogP contribution in [-0.4, -0.2) is 19.6 Å². The van der Waals surface area contributed by atoms with Crippen LogP contribution in [0.4, 0.5) is 5.82 Å². The van der Waals surface area contributed by atoms with Gasteiger partial charge in [-0.25, -0.2) is 9.50 Å². The van der Waals surface area contributed by atoms with Gasteiger partial charge in [-0.2, -0.15) is 5.10 Å². The first-order chi connectivity index (χ1) is 12.7. The molecule has 1 unspecified atom stereocenters. The van der Waals surface area contributed by atoms with E-state index in [2.05, 4.69) is 60.6 Å². The van der Waals surface area contributed by atoms with Gasteiger partial charge in [0.05, 0.1) is 11.7 Å². The van der Waals surface area contributed by atoms with Gasteiger partial charge in [0.2, 0.25) is 0 Å². The highest BCUT2D eigenvalue weighted by Gasteiger charge is 2.16. The maximum atomic E-state index is 4.54. The van der Waals surface area contributed by atoms with E-state index in [9.17, 15) is 0 Å². The average Bonchev–Trinajstić information content (AvgIpc) is 3.04. The molecule has 0 saturated heterocycles. The number of anilines is 1. The van der Waals surface area contributed by atoms with Crippen molar-refractivity contribution in [2.45, 2.75) is 19.4 Å². The number of benzene rings is 1. The van der Waals surface area contributed by atoms with E-state index < -0.39 is 0 Å². The van der Waals surface area contributed by atoms with Gasteiger partial charge in [0.25, 0.3) is 0 Å². The quantitative estimate of drug-likeness (QED) is 0.525. The minimum absolute atomic E-state index is 0.0481. The molecule has 0 saturated carbocycles. The summed E-state index contributed by atoms with van der Waals surface area (Å²) >= 11 is 3.51. The number of halogens is 1. The zero-order valence-electron chi connectivity index (χ0n) is 14.3. The third kappa shape index (κ3) is 3.60. The molecule has 0 spiro atoms. The van der Waals surface area contributed by atoms with Crippen LogP contribution in [0.5, 0.6) is 0 Å². The molecule has 130 valence electrons. The fraction of sp³-hybridized carbons (Fsp3) is 0.150. The lowest BCUT2D eigenvalue weighted by atomic mass is 10.0. The zero-order chi connectivity index (χ0) is 17.9. The second-order valence-corrected chi connectivity index (χ2v) is 7.08. The van der Waals surface area contributed by atoms with Crippen molar-refractivity contribution >= 4 is 27.3 Å². The second kappa shape index (κ2) is 7.25. The number of hydrogen-bond donors (Lipinski definition) is 1. The van der Waals surface area contributed by atoms with Gasteiger partial charge in [0.1, 0.15) is 5.52 Å². The van der Waals surface area contributed by atoms with E-state index in [1.807, 2.05) is 48.1 Å². The number of hydrogen-bond acceptors (Lipinski definition) is 4. The predicted molar refractivity (Wildman–Crippen MR) is 106 cm³/mol. The summed E-state index contributed by atoms with van der Waals surface area (Å²) < 4.78 is 2.91. The summed E-state index contributed by atoms with van der Waals surface area (Å²) in [5.41, 5.74) is 4.14. The van der Waals surface area contributed by atoms with Gasteiger partial charge in [0, 0.05) is 35.2 Å². The predicted octanol–water partition coefficient (Wildman–Crippen LogP) is 4.59. The SMILES string of the molecule is Cc1cc2c(NC(Cc3ccccn3)c3ccc(Br)cc3)nccn2n1. The lowest BCUT2D eigenvalue weighted by Gasteiger charge is -2.20. The topological polar surface area (TPSA) is 55.1 Å². The van der Waals surface area contributed by atoms with Gasteiger partial charge in [0.15, 0.2) is 5.82 Å². The molecule has 0 aliphatic heterocycles. The van der Waals surface area contributed by atoms with Crippen LogP contribution in [0.2, 0.25) is 0 Å². The van der Waals surface area contributed by atoms with E-state index in [1.54, 1.807) is 6.20 Å². The van der Waals surface area contributed by atoms with Crippen LogP contribution in [-0.2, 0) is 6.42 Å². The third-order valence-electron chi connectivity index (χ3n) is 4.23. The number of pyridine rings is 1. The summed E-state index contributed by atoms with van der Waals surface area (Å²) in [7, 11) is 0. The Morgan fingerprint density at radius 3 is 2.69 bits per heavy atom. The Bertz CT molecular complexity index is 1010. The van der Waals surface area contributed by atoms with Crippen molar-refractivity contribution in [2.24, 2.45) is 0 Å². The van der Waals surface area contributed by atoms with Gasteiger partial charge >= 0.3 is 0 Å². The fourth-order valence-corrected chi connectivity index (χ4v) is 3.26. The smallest absolute Gasteiger partial charge is 0.152 e. The Morgan fingerprint density at radius 2 is 1.92 bits per heavy atom. The molecule has 26 heavy (non-hydrogen) atoms. The standard InChI is InChI=1S/C20H18BrN5/c1-14-12-19-20(23-10-11-26(19)25-14)24-18(13-17-4-2-3-9-22-17)15-5-7-16(21)8-6-15/h2-12,18H,13H2,1H3,(H,23,24). The maximum absolute atomic E-state index is 4.54. The Labute approximate surface area is 160 Å². The monoisotopic (exact) mass is 407 g/mol. The van der Waals surface area contributed by atoms with E-state index in [-0.39, 0.29) is 6.04 Å². The maximum Gasteiger partial charge on any atom is 0.152 e. The van der Waals surface area contributed by atoms with Gasteiger partial charge in [-0.1, -0.05) is 34.1 Å². The summed E-state index contributed by atoms with van der Waals surface area (Å²) in [6.45, 7) is 1.98. The van der Waals surface area contributed by atoms with Crippen LogP contribution in [0.15, 0.2) is 71.6 Å². The van der Waals surface area contributed by atoms with Crippen molar-refractivity contribution < 1.29 is 0 Å². The van der Waals surface area contributed by atoms with Crippen LogP contribution in [0.25, 0.3) is 5.52 Å². The second-order valence-electron chi connectivity index (χ2n) is 6.17. The van der Waals surface area contributed by atoms with Crippen molar-refractivity contribution in [1.29, 1.82) is 0 Å². The molecule has 5 nitrogen and oxygen atoms in total. The molecular formula is C20H18BrN5. The lowest BCUT2D eigenvalue weighted by molar-refractivity contribution is 0.750. The highest BCUT2D eigenvalue weighted by molar-refractivity contribution is 9.10. The van der Waals surface area contributed by atoms with Crippen molar-refractivity contribution in [3.63, 3.8) is 0 Å². The van der Waals surface area contributed by atoms with Crippen LogP contribution in [0.3, 0.4) is 0 Å². The minimum Gasteiger partial charge on any atom is -0.361 e. The normalized spacial score (nSPS) is 12.2. The molecule has 0 aliphatic carbocycles. The summed E-state index contributed by atoms with van der Waals surface area (Å²) in [5, 5.41) is 8.06. The van der Waals surface area contributed by atoms with Crippen LogP contribution >= 0.6 is 15.9 Å². The molecule has 6 heteroatoms. The molecule has 0 fully saturated rings. The van der Waals surface area contributed by atoms with Crippen molar-refractivity contribution in [3.05, 3.63) is 88.5 Å². The largest absolute Gasteiger partial charge is 0.361 e.